The summed E-state index contributed by atoms with van der Waals surface area (Å²) in [5, 5.41) is 7.46. The van der Waals surface area contributed by atoms with Crippen molar-refractivity contribution in [3.05, 3.63) is 72.8 Å². The van der Waals surface area contributed by atoms with Crippen molar-refractivity contribution in [3.8, 4) is 0 Å². The number of likely N-dealkylation sites (tertiary alicyclic amines) is 1. The zero-order valence-corrected chi connectivity index (χ0v) is 26.7. The van der Waals surface area contributed by atoms with Gasteiger partial charge >= 0.3 is 0 Å². The molecule has 2 atom stereocenters. The lowest BCUT2D eigenvalue weighted by molar-refractivity contribution is -0.116. The summed E-state index contributed by atoms with van der Waals surface area (Å²) in [5.74, 6) is 0.194. The number of aromatic nitrogens is 2. The van der Waals surface area contributed by atoms with Gasteiger partial charge in [-0.05, 0) is 43.9 Å². The Balaban J connectivity index is 1.07. The summed E-state index contributed by atoms with van der Waals surface area (Å²) in [4.78, 5) is 20.3. The molecule has 1 saturated heterocycles. The third kappa shape index (κ3) is 8.50. The number of anilines is 1. The van der Waals surface area contributed by atoms with Gasteiger partial charge in [-0.25, -0.2) is 4.98 Å². The lowest BCUT2D eigenvalue weighted by Gasteiger charge is -2.25. The van der Waals surface area contributed by atoms with Gasteiger partial charge in [-0.2, -0.15) is 0 Å². The van der Waals surface area contributed by atoms with E-state index < -0.39 is 0 Å². The molecule has 1 fully saturated rings. The molecule has 4 aromatic rings. The van der Waals surface area contributed by atoms with Gasteiger partial charge in [0.15, 0.2) is 12.0 Å². The lowest BCUT2D eigenvalue weighted by Crippen LogP contribution is -2.34. The number of carbonyl (C=O) groups excluding carboxylic acids is 1. The Kier molecular flexibility index (Phi) is 11.6. The molecule has 1 aliphatic heterocycles. The van der Waals surface area contributed by atoms with E-state index in [0.717, 1.165) is 36.4 Å². The SMILES string of the molecule is C=CC(=O)NCCOCCOCCOCCNc1ccc2c([C@H]3CN(Cc4cccc5ncoc45)C[C@@H]3N(C)C)cn(C)c2c1. The smallest absolute Gasteiger partial charge is 0.243 e. The zero-order valence-electron chi connectivity index (χ0n) is 26.7. The number of hydrogen-bond donors (Lipinski definition) is 2. The van der Waals surface area contributed by atoms with E-state index >= 15 is 0 Å². The fourth-order valence-corrected chi connectivity index (χ4v) is 6.08. The highest BCUT2D eigenvalue weighted by molar-refractivity contribution is 5.88. The fraction of sp³-hybridized carbons (Fsp3) is 0.471. The number of oxazole rings is 1. The van der Waals surface area contributed by atoms with E-state index in [0.29, 0.717) is 64.7 Å². The van der Waals surface area contributed by atoms with Crippen molar-refractivity contribution in [1.82, 2.24) is 24.7 Å². The number of aryl methyl sites for hydroxylation is 1. The summed E-state index contributed by atoms with van der Waals surface area (Å²) < 4.78 is 24.6. The molecule has 5 rings (SSSR count). The number of benzene rings is 2. The van der Waals surface area contributed by atoms with Gasteiger partial charge in [0.05, 0.1) is 45.2 Å². The average molecular weight is 619 g/mol. The highest BCUT2D eigenvalue weighted by Gasteiger charge is 2.37. The van der Waals surface area contributed by atoms with Crippen molar-refractivity contribution in [2.24, 2.45) is 7.05 Å². The van der Waals surface area contributed by atoms with Crippen LogP contribution in [0.5, 0.6) is 0 Å². The largest absolute Gasteiger partial charge is 0.443 e. The number of likely N-dealkylation sites (N-methyl/N-ethyl adjacent to an activating group) is 1. The minimum absolute atomic E-state index is 0.198. The van der Waals surface area contributed by atoms with Crippen molar-refractivity contribution in [2.45, 2.75) is 18.5 Å². The molecule has 2 aromatic heterocycles. The van der Waals surface area contributed by atoms with Gasteiger partial charge in [-0.15, -0.1) is 0 Å². The summed E-state index contributed by atoms with van der Waals surface area (Å²) in [7, 11) is 6.50. The summed E-state index contributed by atoms with van der Waals surface area (Å²) >= 11 is 0. The summed E-state index contributed by atoms with van der Waals surface area (Å²) in [5.41, 5.74) is 6.67. The minimum atomic E-state index is -0.198. The van der Waals surface area contributed by atoms with Crippen LogP contribution in [0.15, 0.2) is 66.1 Å². The van der Waals surface area contributed by atoms with Crippen LogP contribution in [0.3, 0.4) is 0 Å². The van der Waals surface area contributed by atoms with Crippen LogP contribution < -0.4 is 10.6 Å². The van der Waals surface area contributed by atoms with Crippen LogP contribution in [-0.2, 0) is 32.6 Å². The Morgan fingerprint density at radius 2 is 1.82 bits per heavy atom. The van der Waals surface area contributed by atoms with E-state index in [2.05, 4.69) is 94.2 Å². The molecule has 0 spiro atoms. The summed E-state index contributed by atoms with van der Waals surface area (Å²) in [6.07, 6.45) is 5.08. The molecule has 242 valence electrons. The molecule has 3 heterocycles. The van der Waals surface area contributed by atoms with Gasteiger partial charge in [-0.3, -0.25) is 9.69 Å². The number of para-hydroxylation sites is 1. The minimum Gasteiger partial charge on any atom is -0.443 e. The predicted octanol–water partition coefficient (Wildman–Crippen LogP) is 3.61. The maximum atomic E-state index is 11.1. The number of amides is 1. The normalized spacial score (nSPS) is 17.1. The number of nitrogens with one attached hydrogen (secondary N) is 2. The maximum Gasteiger partial charge on any atom is 0.243 e. The first kappa shape index (κ1) is 32.6. The first-order chi connectivity index (χ1) is 21.9. The highest BCUT2D eigenvalue weighted by Crippen LogP contribution is 2.37. The van der Waals surface area contributed by atoms with Crippen LogP contribution in [0.2, 0.25) is 0 Å². The van der Waals surface area contributed by atoms with Crippen LogP contribution in [0.25, 0.3) is 22.0 Å². The summed E-state index contributed by atoms with van der Waals surface area (Å²) in [6.45, 7) is 10.4. The third-order valence-electron chi connectivity index (χ3n) is 8.33. The van der Waals surface area contributed by atoms with Gasteiger partial charge in [0, 0.05) is 74.6 Å². The molecule has 0 bridgehead atoms. The molecule has 45 heavy (non-hydrogen) atoms. The molecule has 0 radical (unpaired) electrons. The number of carbonyl (C=O) groups is 1. The molecule has 11 nitrogen and oxygen atoms in total. The van der Waals surface area contributed by atoms with E-state index in [4.69, 9.17) is 18.6 Å². The van der Waals surface area contributed by atoms with Gasteiger partial charge in [0.25, 0.3) is 0 Å². The first-order valence-electron chi connectivity index (χ1n) is 15.6. The molecule has 11 heteroatoms. The Labute approximate surface area is 265 Å². The van der Waals surface area contributed by atoms with Gasteiger partial charge in [-0.1, -0.05) is 24.8 Å². The molecular formula is C34H46N6O5. The second kappa shape index (κ2) is 16.0. The van der Waals surface area contributed by atoms with E-state index in [1.807, 2.05) is 6.07 Å². The monoisotopic (exact) mass is 618 g/mol. The maximum absolute atomic E-state index is 11.1. The standard InChI is InChI=1S/C34H46N6O5/c1-5-33(41)36-12-14-43-16-18-44-17-15-42-13-11-35-26-9-10-27-28(21-39(4)31(27)19-26)29-22-40(23-32(29)38(2)3)20-25-7-6-8-30-34(25)45-24-37-30/h5-10,19,21,24,29,32,35H,1,11-18,20,22-23H2,2-4H3,(H,36,41)/t29-,32+/m1/s1. The molecule has 1 amide bonds. The Morgan fingerprint density at radius 1 is 1.07 bits per heavy atom. The Hall–Kier alpha value is -3.74. The van der Waals surface area contributed by atoms with Crippen molar-refractivity contribution in [1.29, 1.82) is 0 Å². The number of hydrogen-bond acceptors (Lipinski definition) is 9. The highest BCUT2D eigenvalue weighted by atomic mass is 16.5. The predicted molar refractivity (Wildman–Crippen MR) is 177 cm³/mol. The molecular weight excluding hydrogens is 572 g/mol. The van der Waals surface area contributed by atoms with Crippen molar-refractivity contribution < 1.29 is 23.4 Å². The van der Waals surface area contributed by atoms with Crippen molar-refractivity contribution in [3.63, 3.8) is 0 Å². The fourth-order valence-electron chi connectivity index (χ4n) is 6.08. The van der Waals surface area contributed by atoms with Crippen LogP contribution >= 0.6 is 0 Å². The van der Waals surface area contributed by atoms with Crippen molar-refractivity contribution >= 4 is 33.6 Å². The zero-order chi connectivity index (χ0) is 31.6. The van der Waals surface area contributed by atoms with Crippen LogP contribution in [0, 0.1) is 0 Å². The molecule has 0 aliphatic carbocycles. The second-order valence-electron chi connectivity index (χ2n) is 11.6. The van der Waals surface area contributed by atoms with Gasteiger partial charge in [0.2, 0.25) is 5.91 Å². The molecule has 0 saturated carbocycles. The van der Waals surface area contributed by atoms with Crippen LogP contribution in [0.1, 0.15) is 17.0 Å². The number of fused-ring (bicyclic) bond motifs is 2. The van der Waals surface area contributed by atoms with Crippen LogP contribution in [-0.4, -0.2) is 111 Å². The molecule has 1 aliphatic rings. The van der Waals surface area contributed by atoms with Gasteiger partial charge < -0.3 is 38.7 Å². The third-order valence-corrected chi connectivity index (χ3v) is 8.33. The average Bonchev–Trinajstić information content (AvgIpc) is 3.77. The van der Waals surface area contributed by atoms with E-state index in [9.17, 15) is 4.79 Å². The Morgan fingerprint density at radius 3 is 2.58 bits per heavy atom. The van der Waals surface area contributed by atoms with E-state index in [1.165, 1.54) is 34.5 Å². The van der Waals surface area contributed by atoms with Crippen LogP contribution in [0.4, 0.5) is 5.69 Å². The topological polar surface area (TPSA) is 106 Å². The molecule has 0 unspecified atom stereocenters. The second-order valence-corrected chi connectivity index (χ2v) is 11.6. The van der Waals surface area contributed by atoms with Gasteiger partial charge in [0.1, 0.15) is 5.52 Å². The molecule has 2 N–H and O–H groups in total. The van der Waals surface area contributed by atoms with Crippen molar-refractivity contribution in [2.75, 3.05) is 85.2 Å². The number of nitrogens with zero attached hydrogens (tertiary/aromatic N) is 4. The number of rotatable bonds is 18. The molecule has 2 aromatic carbocycles. The van der Waals surface area contributed by atoms with E-state index in [1.54, 1.807) is 0 Å². The quantitative estimate of drug-likeness (QED) is 0.128. The van der Waals surface area contributed by atoms with E-state index in [-0.39, 0.29) is 5.91 Å². The Bertz CT molecular complexity index is 1550. The summed E-state index contributed by atoms with van der Waals surface area (Å²) in [6, 6.07) is 13.3. The lowest BCUT2D eigenvalue weighted by atomic mass is 9.93. The number of ether oxygens (including phenoxy) is 3. The first-order valence-corrected chi connectivity index (χ1v) is 15.6.